The first kappa shape index (κ1) is 28.6. The zero-order chi connectivity index (χ0) is 28.3. The minimum Gasteiger partial charge on any atom is -0.406 e. The molecule has 10 heteroatoms. The number of rotatable bonds is 6. The molecule has 2 aromatic carbocycles. The molecule has 0 N–H and O–H groups in total. The highest BCUT2D eigenvalue weighted by atomic mass is 127. The molecule has 4 heterocycles. The standard InChI is InChI=1S/C30H33ClIN3O3SSi/c1-29(2,3)40(19-12-8-6-9-13-19,20-14-10-7-11-15-20)36-17-22-24-25(38-30(4,5)37-24)28(39-22)35-16-21(32)23-26(31)33-18-34-27(23)35/h6-16,18,22,24-25,28H,17H2,1-5H3/t22-,24-,25-,28?/m1/s1. The summed E-state index contributed by atoms with van der Waals surface area (Å²) in [5.41, 5.74) is 0.808. The second-order valence-corrected chi connectivity index (χ2v) is 19.0. The lowest BCUT2D eigenvalue weighted by Crippen LogP contribution is -2.67. The van der Waals surface area contributed by atoms with Crippen LogP contribution in [0.3, 0.4) is 0 Å². The van der Waals surface area contributed by atoms with E-state index in [1.165, 1.54) is 16.7 Å². The van der Waals surface area contributed by atoms with Crippen LogP contribution in [0.2, 0.25) is 10.2 Å². The lowest BCUT2D eigenvalue weighted by Gasteiger charge is -2.43. The van der Waals surface area contributed by atoms with Crippen molar-refractivity contribution in [1.82, 2.24) is 14.5 Å². The van der Waals surface area contributed by atoms with Gasteiger partial charge in [0.25, 0.3) is 8.32 Å². The van der Waals surface area contributed by atoms with Crippen LogP contribution in [0.15, 0.2) is 73.2 Å². The highest BCUT2D eigenvalue weighted by Gasteiger charge is 2.57. The monoisotopic (exact) mass is 705 g/mol. The summed E-state index contributed by atoms with van der Waals surface area (Å²) in [6, 6.07) is 21.5. The topological polar surface area (TPSA) is 58.4 Å². The Morgan fingerprint density at radius 2 is 1.60 bits per heavy atom. The van der Waals surface area contributed by atoms with Crippen LogP contribution < -0.4 is 10.4 Å². The molecular weight excluding hydrogens is 673 g/mol. The fraction of sp³-hybridized carbons (Fsp3) is 0.400. The van der Waals surface area contributed by atoms with Crippen molar-refractivity contribution in [3.8, 4) is 0 Å². The molecule has 0 saturated carbocycles. The third kappa shape index (κ3) is 4.85. The van der Waals surface area contributed by atoms with Crippen molar-refractivity contribution in [2.45, 2.75) is 68.3 Å². The summed E-state index contributed by atoms with van der Waals surface area (Å²) in [5, 5.41) is 3.78. The number of benzene rings is 2. The highest BCUT2D eigenvalue weighted by molar-refractivity contribution is 14.1. The Hall–Kier alpha value is -1.47. The van der Waals surface area contributed by atoms with Gasteiger partial charge in [-0.1, -0.05) is 93.0 Å². The maximum absolute atomic E-state index is 7.35. The summed E-state index contributed by atoms with van der Waals surface area (Å²) in [5.74, 6) is -0.688. The SMILES string of the molecule is CC1(C)O[C@@H]2[C@@H](CO[Si](c3ccccc3)(c3ccccc3)C(C)(C)C)SC(n3cc(I)c4c(Cl)ncnc43)[C@@H]2O1. The normalized spacial score (nSPS) is 24.5. The Kier molecular flexibility index (Phi) is 7.63. The van der Waals surface area contributed by atoms with Gasteiger partial charge in [-0.3, -0.25) is 0 Å². The van der Waals surface area contributed by atoms with Crippen LogP contribution in [0.1, 0.15) is 40.0 Å². The molecule has 6 nitrogen and oxygen atoms in total. The van der Waals surface area contributed by atoms with Gasteiger partial charge in [0.05, 0.1) is 10.6 Å². The summed E-state index contributed by atoms with van der Waals surface area (Å²) in [6.45, 7) is 11.4. The highest BCUT2D eigenvalue weighted by Crippen LogP contribution is 2.52. The Bertz CT molecular complexity index is 1480. The van der Waals surface area contributed by atoms with Crippen molar-refractivity contribution < 1.29 is 13.9 Å². The molecule has 0 spiro atoms. The lowest BCUT2D eigenvalue weighted by molar-refractivity contribution is -0.149. The van der Waals surface area contributed by atoms with Crippen molar-refractivity contribution in [2.24, 2.45) is 0 Å². The van der Waals surface area contributed by atoms with E-state index in [1.807, 2.05) is 25.6 Å². The Morgan fingerprint density at radius 1 is 1.00 bits per heavy atom. The van der Waals surface area contributed by atoms with Gasteiger partial charge in [0.2, 0.25) is 0 Å². The third-order valence-corrected chi connectivity index (χ3v) is 15.4. The second kappa shape index (κ2) is 10.7. The van der Waals surface area contributed by atoms with E-state index in [4.69, 9.17) is 25.5 Å². The molecule has 2 aromatic heterocycles. The number of fused-ring (bicyclic) bond motifs is 2. The minimum atomic E-state index is -2.70. The summed E-state index contributed by atoms with van der Waals surface area (Å²) in [4.78, 5) is 8.82. The second-order valence-electron chi connectivity index (χ2n) is 11.9. The number of halogens is 2. The van der Waals surface area contributed by atoms with Gasteiger partial charge in [-0.2, -0.15) is 0 Å². The minimum absolute atomic E-state index is 0.0449. The van der Waals surface area contributed by atoms with Crippen molar-refractivity contribution >= 4 is 75.7 Å². The maximum Gasteiger partial charge on any atom is 0.261 e. The number of hydrogen-bond donors (Lipinski definition) is 0. The molecule has 2 fully saturated rings. The van der Waals surface area contributed by atoms with Crippen LogP contribution in [-0.2, 0) is 13.9 Å². The molecule has 4 atom stereocenters. The van der Waals surface area contributed by atoms with E-state index in [0.29, 0.717) is 11.8 Å². The van der Waals surface area contributed by atoms with E-state index in [0.717, 1.165) is 14.6 Å². The molecule has 0 bridgehead atoms. The number of aromatic nitrogens is 3. The van der Waals surface area contributed by atoms with Crippen LogP contribution >= 0.6 is 46.0 Å². The molecule has 210 valence electrons. The van der Waals surface area contributed by atoms with Gasteiger partial charge in [0, 0.05) is 16.4 Å². The number of hydrogen-bond acceptors (Lipinski definition) is 6. The van der Waals surface area contributed by atoms with Crippen molar-refractivity contribution in [1.29, 1.82) is 0 Å². The average molecular weight is 706 g/mol. The molecule has 0 radical (unpaired) electrons. The van der Waals surface area contributed by atoms with E-state index >= 15 is 0 Å². The van der Waals surface area contributed by atoms with E-state index < -0.39 is 14.1 Å². The van der Waals surface area contributed by atoms with E-state index in [-0.39, 0.29) is 27.9 Å². The molecule has 6 rings (SSSR count). The fourth-order valence-corrected chi connectivity index (χ4v) is 13.6. The molecule has 1 unspecified atom stereocenters. The van der Waals surface area contributed by atoms with E-state index in [9.17, 15) is 0 Å². The first-order chi connectivity index (χ1) is 19.0. The average Bonchev–Trinajstić information content (AvgIpc) is 3.53. The van der Waals surface area contributed by atoms with E-state index in [2.05, 4.69) is 125 Å². The van der Waals surface area contributed by atoms with Crippen LogP contribution in [0.25, 0.3) is 11.0 Å². The van der Waals surface area contributed by atoms with Crippen molar-refractivity contribution in [2.75, 3.05) is 6.61 Å². The van der Waals surface area contributed by atoms with Crippen LogP contribution in [0.4, 0.5) is 0 Å². The van der Waals surface area contributed by atoms with Gasteiger partial charge in [0.1, 0.15) is 34.7 Å². The lowest BCUT2D eigenvalue weighted by atomic mass is 10.1. The van der Waals surface area contributed by atoms with Gasteiger partial charge in [-0.25, -0.2) is 9.97 Å². The first-order valence-electron chi connectivity index (χ1n) is 13.4. The number of nitrogens with zero attached hydrogens (tertiary/aromatic N) is 3. The van der Waals surface area contributed by atoms with Crippen LogP contribution in [0, 0.1) is 3.57 Å². The molecule has 0 amide bonds. The Labute approximate surface area is 259 Å². The Balaban J connectivity index is 1.39. The van der Waals surface area contributed by atoms with Gasteiger partial charge in [-0.15, -0.1) is 11.8 Å². The molecule has 0 aliphatic carbocycles. The predicted octanol–water partition coefficient (Wildman–Crippen LogP) is 6.40. The predicted molar refractivity (Wildman–Crippen MR) is 173 cm³/mol. The van der Waals surface area contributed by atoms with Gasteiger partial charge in [0.15, 0.2) is 5.79 Å². The molecule has 2 aliphatic rings. The van der Waals surface area contributed by atoms with Gasteiger partial charge < -0.3 is 18.5 Å². The zero-order valence-electron chi connectivity index (χ0n) is 23.2. The number of ether oxygens (including phenoxy) is 2. The maximum atomic E-state index is 7.35. The quantitative estimate of drug-likeness (QED) is 0.132. The van der Waals surface area contributed by atoms with Gasteiger partial charge in [-0.05, 0) is 51.9 Å². The van der Waals surface area contributed by atoms with Crippen molar-refractivity contribution in [3.63, 3.8) is 0 Å². The van der Waals surface area contributed by atoms with Crippen molar-refractivity contribution in [3.05, 3.63) is 81.9 Å². The number of thioether (sulfide) groups is 1. The first-order valence-corrected chi connectivity index (χ1v) is 17.8. The largest absolute Gasteiger partial charge is 0.406 e. The Morgan fingerprint density at radius 3 is 2.20 bits per heavy atom. The van der Waals surface area contributed by atoms with E-state index in [1.54, 1.807) is 0 Å². The fourth-order valence-electron chi connectivity index (χ4n) is 6.18. The third-order valence-electron chi connectivity index (χ3n) is 7.80. The molecule has 40 heavy (non-hydrogen) atoms. The van der Waals surface area contributed by atoms with Crippen LogP contribution in [-0.4, -0.2) is 52.7 Å². The molecule has 4 aromatic rings. The molecule has 2 aliphatic heterocycles. The van der Waals surface area contributed by atoms with Crippen LogP contribution in [0.5, 0.6) is 0 Å². The summed E-state index contributed by atoms with van der Waals surface area (Å²) in [6.07, 6.45) is 3.33. The molecular formula is C30H33ClIN3O3SSi. The van der Waals surface area contributed by atoms with Gasteiger partial charge >= 0.3 is 0 Å². The summed E-state index contributed by atoms with van der Waals surface area (Å²) >= 11 is 10.6. The smallest absolute Gasteiger partial charge is 0.261 e. The molecule has 2 saturated heterocycles. The zero-order valence-corrected chi connectivity index (χ0v) is 27.9. The summed E-state index contributed by atoms with van der Waals surface area (Å²) < 4.78 is 23.6. The summed E-state index contributed by atoms with van der Waals surface area (Å²) in [7, 11) is -2.70.